The van der Waals surface area contributed by atoms with Crippen LogP contribution in [0.5, 0.6) is 0 Å². The monoisotopic (exact) mass is 649 g/mol. The van der Waals surface area contributed by atoms with Crippen molar-refractivity contribution < 1.29 is 33.6 Å². The molecule has 3 aromatic rings. The zero-order valence-corrected chi connectivity index (χ0v) is 26.4. The Kier molecular flexibility index (Phi) is 9.96. The molecule has 0 aliphatic carbocycles. The summed E-state index contributed by atoms with van der Waals surface area (Å²) in [6.45, 7) is 0.610. The van der Waals surface area contributed by atoms with Crippen molar-refractivity contribution in [2.75, 3.05) is 30.6 Å². The molecule has 0 bridgehead atoms. The van der Waals surface area contributed by atoms with Gasteiger partial charge in [-0.2, -0.15) is 5.06 Å². The number of thioether (sulfide) groups is 1. The molecule has 2 aromatic carbocycles. The molecule has 2 fully saturated rings. The van der Waals surface area contributed by atoms with Crippen molar-refractivity contribution >= 4 is 52.9 Å². The Morgan fingerprint density at radius 1 is 1.04 bits per heavy atom. The first-order valence-electron chi connectivity index (χ1n) is 15.2. The van der Waals surface area contributed by atoms with Crippen molar-refractivity contribution in [2.45, 2.75) is 56.0 Å². The third-order valence-electron chi connectivity index (χ3n) is 8.20. The van der Waals surface area contributed by atoms with Crippen LogP contribution in [-0.2, 0) is 28.7 Å². The number of hydroxylamine groups is 2. The van der Waals surface area contributed by atoms with Gasteiger partial charge < -0.3 is 4.74 Å². The topological polar surface area (TPSA) is 114 Å². The lowest BCUT2D eigenvalue weighted by Gasteiger charge is -2.35. The van der Waals surface area contributed by atoms with E-state index < -0.39 is 6.29 Å². The summed E-state index contributed by atoms with van der Waals surface area (Å²) >= 11 is 3.47. The smallest absolute Gasteiger partial charge is 0.261 e. The van der Waals surface area contributed by atoms with Crippen molar-refractivity contribution in [3.63, 3.8) is 0 Å². The fraction of sp³-hybridized carbons (Fsp3) is 0.394. The highest BCUT2D eigenvalue weighted by Gasteiger charge is 2.39. The van der Waals surface area contributed by atoms with E-state index in [0.717, 1.165) is 69.6 Å². The van der Waals surface area contributed by atoms with E-state index in [4.69, 9.17) is 14.4 Å². The van der Waals surface area contributed by atoms with E-state index in [2.05, 4.69) is 17.6 Å². The summed E-state index contributed by atoms with van der Waals surface area (Å²) in [7, 11) is 0. The lowest BCUT2D eigenvalue weighted by Crippen LogP contribution is -2.37. The third-order valence-corrected chi connectivity index (χ3v) is 11.3. The van der Waals surface area contributed by atoms with E-state index >= 15 is 0 Å². The number of nitrogens with one attached hydrogen (secondary N) is 1. The van der Waals surface area contributed by atoms with Crippen molar-refractivity contribution in [3.05, 3.63) is 76.7 Å². The third kappa shape index (κ3) is 7.00. The van der Waals surface area contributed by atoms with Gasteiger partial charge in [-0.1, -0.05) is 30.7 Å². The highest BCUT2D eigenvalue weighted by atomic mass is 32.2. The molecule has 12 heteroatoms. The van der Waals surface area contributed by atoms with E-state index in [1.54, 1.807) is 41.7 Å². The van der Waals surface area contributed by atoms with Crippen LogP contribution in [-0.4, -0.2) is 60.8 Å². The molecule has 236 valence electrons. The van der Waals surface area contributed by atoms with Gasteiger partial charge >= 0.3 is 0 Å². The Morgan fingerprint density at radius 3 is 2.58 bits per heavy atom. The van der Waals surface area contributed by atoms with Crippen LogP contribution in [0.25, 0.3) is 10.4 Å². The second kappa shape index (κ2) is 14.3. The van der Waals surface area contributed by atoms with Gasteiger partial charge in [0.25, 0.3) is 11.8 Å². The SMILES string of the molecule is O=CN(OCCN1C(=O)c2ccccc2C1=O)c1cccc(-c2ccc([C@@]3(CC(=O)NOC4CCCCO4)CCCCS3)s2)c1. The predicted molar refractivity (Wildman–Crippen MR) is 171 cm³/mol. The molecule has 1 aromatic heterocycles. The number of imide groups is 1. The number of rotatable bonds is 12. The molecule has 1 unspecified atom stereocenters. The first-order chi connectivity index (χ1) is 22.0. The number of carbonyl (C=O) groups is 4. The van der Waals surface area contributed by atoms with Gasteiger partial charge in [0.05, 0.1) is 34.7 Å². The zero-order chi connectivity index (χ0) is 31.2. The minimum absolute atomic E-state index is 0.0106. The Labute approximate surface area is 269 Å². The fourth-order valence-corrected chi connectivity index (χ4v) is 8.76. The van der Waals surface area contributed by atoms with E-state index in [9.17, 15) is 19.2 Å². The molecule has 2 saturated heterocycles. The highest BCUT2D eigenvalue weighted by molar-refractivity contribution is 8.00. The van der Waals surface area contributed by atoms with Gasteiger partial charge in [0.2, 0.25) is 12.3 Å². The van der Waals surface area contributed by atoms with Gasteiger partial charge in [0, 0.05) is 29.2 Å². The summed E-state index contributed by atoms with van der Waals surface area (Å²) in [6, 6.07) is 18.3. The summed E-state index contributed by atoms with van der Waals surface area (Å²) in [5, 5.41) is 1.11. The summed E-state index contributed by atoms with van der Waals surface area (Å²) in [4.78, 5) is 64.9. The Bertz CT molecular complexity index is 1510. The Balaban J connectivity index is 1.10. The Morgan fingerprint density at radius 2 is 1.87 bits per heavy atom. The summed E-state index contributed by atoms with van der Waals surface area (Å²) in [5.41, 5.74) is 4.79. The predicted octanol–water partition coefficient (Wildman–Crippen LogP) is 5.68. The van der Waals surface area contributed by atoms with Gasteiger partial charge in [0.1, 0.15) is 0 Å². The molecule has 0 saturated carbocycles. The molecule has 45 heavy (non-hydrogen) atoms. The van der Waals surface area contributed by atoms with E-state index in [-0.39, 0.29) is 35.6 Å². The maximum Gasteiger partial charge on any atom is 0.261 e. The first kappa shape index (κ1) is 31.4. The molecule has 3 aliphatic heterocycles. The zero-order valence-electron chi connectivity index (χ0n) is 24.8. The normalized spacial score (nSPS) is 21.4. The lowest BCUT2D eigenvalue weighted by atomic mass is 9.94. The van der Waals surface area contributed by atoms with Crippen LogP contribution in [0.1, 0.15) is 70.5 Å². The maximum absolute atomic E-state index is 13.0. The molecule has 4 heterocycles. The molecule has 1 N–H and O–H groups in total. The van der Waals surface area contributed by atoms with E-state index in [0.29, 0.717) is 36.3 Å². The molecule has 4 amide bonds. The molecule has 0 radical (unpaired) electrons. The number of amides is 4. The number of hydrogen-bond acceptors (Lipinski definition) is 9. The van der Waals surface area contributed by atoms with Crippen molar-refractivity contribution in [2.24, 2.45) is 0 Å². The maximum atomic E-state index is 13.0. The number of nitrogens with zero attached hydrogens (tertiary/aromatic N) is 2. The molecular weight excluding hydrogens is 615 g/mol. The van der Waals surface area contributed by atoms with Crippen LogP contribution in [0.3, 0.4) is 0 Å². The number of carbonyl (C=O) groups excluding carboxylic acids is 4. The van der Waals surface area contributed by atoms with Crippen LogP contribution in [0, 0.1) is 0 Å². The number of benzene rings is 2. The van der Waals surface area contributed by atoms with Gasteiger partial charge in [-0.15, -0.1) is 23.1 Å². The van der Waals surface area contributed by atoms with Crippen LogP contribution in [0.15, 0.2) is 60.7 Å². The standard InChI is InChI=1S/C33H35N3O7S2/c37-22-36(42-18-16-35-31(39)25-10-1-2-11-26(25)32(35)40)24-9-7-8-23(20-24)27-13-14-28(45-27)33(15-4-6-19-44-33)21-29(38)34-43-30-12-3-5-17-41-30/h1-2,7-11,13-14,20,22,30H,3-6,12,15-19,21H2,(H,34,38)/t30?,33-/m0/s1. The molecule has 6 rings (SSSR count). The first-order valence-corrected chi connectivity index (χ1v) is 17.0. The van der Waals surface area contributed by atoms with Gasteiger partial charge in [-0.25, -0.2) is 10.3 Å². The van der Waals surface area contributed by atoms with Crippen LogP contribution >= 0.6 is 23.1 Å². The minimum atomic E-state index is -0.393. The highest BCUT2D eigenvalue weighted by Crippen LogP contribution is 2.51. The molecule has 2 atom stereocenters. The van der Waals surface area contributed by atoms with Gasteiger partial charge in [0.15, 0.2) is 6.29 Å². The molecule has 3 aliphatic rings. The van der Waals surface area contributed by atoms with Gasteiger partial charge in [-0.3, -0.25) is 28.9 Å². The second-order valence-corrected chi connectivity index (χ2v) is 13.8. The minimum Gasteiger partial charge on any atom is -0.350 e. The summed E-state index contributed by atoms with van der Waals surface area (Å²) < 4.78 is 5.23. The average molecular weight is 650 g/mol. The number of anilines is 1. The summed E-state index contributed by atoms with van der Waals surface area (Å²) in [6.07, 6.45) is 6.34. The Hall–Kier alpha value is -3.55. The largest absolute Gasteiger partial charge is 0.350 e. The quantitative estimate of drug-likeness (QED) is 0.151. The lowest BCUT2D eigenvalue weighted by molar-refractivity contribution is -0.200. The van der Waals surface area contributed by atoms with E-state index in [1.165, 1.54) is 0 Å². The van der Waals surface area contributed by atoms with E-state index in [1.807, 2.05) is 30.0 Å². The fourth-order valence-electron chi connectivity index (χ4n) is 5.88. The number of ether oxygens (including phenoxy) is 1. The molecule has 10 nitrogen and oxygen atoms in total. The van der Waals surface area contributed by atoms with Crippen molar-refractivity contribution in [3.8, 4) is 10.4 Å². The molecule has 0 spiro atoms. The van der Waals surface area contributed by atoms with Crippen LogP contribution < -0.4 is 10.5 Å². The van der Waals surface area contributed by atoms with Crippen molar-refractivity contribution in [1.29, 1.82) is 0 Å². The number of thiophene rings is 1. The summed E-state index contributed by atoms with van der Waals surface area (Å²) in [5.74, 6) is 0.0825. The molecular formula is C33H35N3O7S2. The van der Waals surface area contributed by atoms with Crippen molar-refractivity contribution in [1.82, 2.24) is 10.4 Å². The van der Waals surface area contributed by atoms with Crippen LogP contribution in [0.2, 0.25) is 0 Å². The van der Waals surface area contributed by atoms with Gasteiger partial charge in [-0.05, 0) is 73.4 Å². The number of hydrogen-bond donors (Lipinski definition) is 1. The van der Waals surface area contributed by atoms with Crippen LogP contribution in [0.4, 0.5) is 5.69 Å². The second-order valence-electron chi connectivity index (χ2n) is 11.2. The average Bonchev–Trinajstić information content (AvgIpc) is 3.68. The number of fused-ring (bicyclic) bond motifs is 1.